The van der Waals surface area contributed by atoms with E-state index in [4.69, 9.17) is 16.3 Å². The van der Waals surface area contributed by atoms with Crippen molar-refractivity contribution >= 4 is 29.3 Å². The first-order valence-electron chi connectivity index (χ1n) is 8.77. The first-order valence-corrected chi connectivity index (χ1v) is 9.15. The van der Waals surface area contributed by atoms with Crippen LogP contribution in [0.15, 0.2) is 48.0 Å². The molecule has 0 bridgehead atoms. The van der Waals surface area contributed by atoms with Gasteiger partial charge in [-0.1, -0.05) is 37.1 Å². The molecule has 0 radical (unpaired) electrons. The van der Waals surface area contributed by atoms with Crippen LogP contribution in [0.2, 0.25) is 5.02 Å². The van der Waals surface area contributed by atoms with Crippen molar-refractivity contribution in [2.24, 2.45) is 0 Å². The number of carbonyl (C=O) groups excluding carboxylic acids is 1. The van der Waals surface area contributed by atoms with Crippen molar-refractivity contribution in [3.63, 3.8) is 0 Å². The first-order chi connectivity index (χ1) is 13.7. The third kappa shape index (κ3) is 6.54. The number of nitrogens with zero attached hydrogens (tertiary/aromatic N) is 1. The third-order valence-corrected chi connectivity index (χ3v) is 4.19. The minimum atomic E-state index is -4.58. The van der Waals surface area contributed by atoms with Crippen molar-refractivity contribution in [1.82, 2.24) is 0 Å². The van der Waals surface area contributed by atoms with E-state index in [0.717, 1.165) is 31.0 Å². The van der Waals surface area contributed by atoms with Crippen molar-refractivity contribution < 1.29 is 22.7 Å². The molecular formula is C21H18ClF3N2O2. The molecule has 0 atom stereocenters. The number of rotatable bonds is 7. The summed E-state index contributed by atoms with van der Waals surface area (Å²) in [6.07, 6.45) is -1.32. The molecule has 2 aromatic carbocycles. The summed E-state index contributed by atoms with van der Waals surface area (Å²) in [5, 5.41) is 11.5. The molecule has 0 aliphatic heterocycles. The Labute approximate surface area is 171 Å². The number of alkyl halides is 3. The summed E-state index contributed by atoms with van der Waals surface area (Å²) in [5.74, 6) is -0.202. The lowest BCUT2D eigenvalue weighted by Crippen LogP contribution is -2.15. The van der Waals surface area contributed by atoms with Crippen molar-refractivity contribution in [3.8, 4) is 11.8 Å². The van der Waals surface area contributed by atoms with Gasteiger partial charge in [-0.2, -0.15) is 18.4 Å². The molecule has 2 aromatic rings. The predicted molar refractivity (Wildman–Crippen MR) is 106 cm³/mol. The molecule has 1 N–H and O–H groups in total. The molecule has 0 aliphatic rings. The summed E-state index contributed by atoms with van der Waals surface area (Å²) in [5.41, 5.74) is -0.904. The molecule has 0 heterocycles. The van der Waals surface area contributed by atoms with Crippen LogP contribution in [0, 0.1) is 11.3 Å². The lowest BCUT2D eigenvalue weighted by molar-refractivity contribution is -0.137. The zero-order valence-corrected chi connectivity index (χ0v) is 16.3. The van der Waals surface area contributed by atoms with E-state index in [-0.39, 0.29) is 16.3 Å². The van der Waals surface area contributed by atoms with Gasteiger partial charge in [0.05, 0.1) is 22.9 Å². The maximum Gasteiger partial charge on any atom is 0.416 e. The molecule has 29 heavy (non-hydrogen) atoms. The minimum Gasteiger partial charge on any atom is -0.494 e. The smallest absolute Gasteiger partial charge is 0.416 e. The molecule has 8 heteroatoms. The summed E-state index contributed by atoms with van der Waals surface area (Å²) in [6, 6.07) is 11.1. The van der Waals surface area contributed by atoms with Gasteiger partial charge < -0.3 is 10.1 Å². The van der Waals surface area contributed by atoms with Crippen LogP contribution in [0.4, 0.5) is 18.9 Å². The molecule has 0 spiro atoms. The molecule has 0 saturated carbocycles. The number of amides is 1. The van der Waals surface area contributed by atoms with Gasteiger partial charge in [0, 0.05) is 0 Å². The minimum absolute atomic E-state index is 0.0720. The van der Waals surface area contributed by atoms with Gasteiger partial charge in [-0.3, -0.25) is 4.79 Å². The van der Waals surface area contributed by atoms with Crippen LogP contribution >= 0.6 is 11.6 Å². The van der Waals surface area contributed by atoms with E-state index in [1.807, 2.05) is 0 Å². The third-order valence-electron chi connectivity index (χ3n) is 3.86. The van der Waals surface area contributed by atoms with E-state index >= 15 is 0 Å². The molecule has 2 rings (SSSR count). The Balaban J connectivity index is 2.16. The van der Waals surface area contributed by atoms with Gasteiger partial charge in [-0.05, 0) is 48.4 Å². The van der Waals surface area contributed by atoms with Crippen LogP contribution in [-0.2, 0) is 11.0 Å². The van der Waals surface area contributed by atoms with Gasteiger partial charge in [-0.15, -0.1) is 0 Å². The quantitative estimate of drug-likeness (QED) is 0.334. The SMILES string of the molecule is CCCCOc1ccc(/C=C(\C#N)C(=O)Nc2cc(C(F)(F)F)ccc2Cl)cc1. The maximum absolute atomic E-state index is 12.8. The Bertz CT molecular complexity index is 932. The number of nitrogens with one attached hydrogen (secondary N) is 1. The number of halogens is 4. The number of hydrogen-bond acceptors (Lipinski definition) is 3. The van der Waals surface area contributed by atoms with E-state index in [1.165, 1.54) is 6.08 Å². The second kappa shape index (κ2) is 9.99. The second-order valence-corrected chi connectivity index (χ2v) is 6.49. The van der Waals surface area contributed by atoms with E-state index < -0.39 is 17.6 Å². The molecule has 0 fully saturated rings. The van der Waals surface area contributed by atoms with Gasteiger partial charge >= 0.3 is 6.18 Å². The molecular weight excluding hydrogens is 405 g/mol. The van der Waals surface area contributed by atoms with Crippen LogP contribution < -0.4 is 10.1 Å². The van der Waals surface area contributed by atoms with Crippen molar-refractivity contribution in [2.75, 3.05) is 11.9 Å². The number of anilines is 1. The Morgan fingerprint density at radius 1 is 1.24 bits per heavy atom. The van der Waals surface area contributed by atoms with Gasteiger partial charge in [-0.25, -0.2) is 0 Å². The normalized spacial score (nSPS) is 11.7. The molecule has 0 aliphatic carbocycles. The Kier molecular flexibility index (Phi) is 7.68. The highest BCUT2D eigenvalue weighted by Gasteiger charge is 2.31. The Morgan fingerprint density at radius 2 is 1.93 bits per heavy atom. The molecule has 0 aromatic heterocycles. The molecule has 4 nitrogen and oxygen atoms in total. The number of benzene rings is 2. The molecule has 1 amide bonds. The fraction of sp³-hybridized carbons (Fsp3) is 0.238. The highest BCUT2D eigenvalue weighted by molar-refractivity contribution is 6.34. The largest absolute Gasteiger partial charge is 0.494 e. The summed E-state index contributed by atoms with van der Waals surface area (Å²) < 4.78 is 44.1. The number of carbonyl (C=O) groups is 1. The highest BCUT2D eigenvalue weighted by atomic mass is 35.5. The molecule has 0 unspecified atom stereocenters. The van der Waals surface area contributed by atoms with Gasteiger partial charge in [0.2, 0.25) is 0 Å². The fourth-order valence-corrected chi connectivity index (χ4v) is 2.46. The topological polar surface area (TPSA) is 62.1 Å². The lowest BCUT2D eigenvalue weighted by Gasteiger charge is -2.11. The van der Waals surface area contributed by atoms with Crippen molar-refractivity contribution in [3.05, 3.63) is 64.2 Å². The van der Waals surface area contributed by atoms with Crippen molar-refractivity contribution in [1.29, 1.82) is 5.26 Å². The van der Waals surface area contributed by atoms with Crippen LogP contribution in [0.1, 0.15) is 30.9 Å². The monoisotopic (exact) mass is 422 g/mol. The summed E-state index contributed by atoms with van der Waals surface area (Å²) in [7, 11) is 0. The van der Waals surface area contributed by atoms with Gasteiger partial charge in [0.15, 0.2) is 0 Å². The summed E-state index contributed by atoms with van der Waals surface area (Å²) >= 11 is 5.87. The van der Waals surface area contributed by atoms with Gasteiger partial charge in [0.1, 0.15) is 17.4 Å². The number of hydrogen-bond donors (Lipinski definition) is 1. The number of nitriles is 1. The summed E-state index contributed by atoms with van der Waals surface area (Å²) in [4.78, 5) is 12.3. The van der Waals surface area contributed by atoms with E-state index in [9.17, 15) is 23.2 Å². The lowest BCUT2D eigenvalue weighted by atomic mass is 10.1. The Hall–Kier alpha value is -2.98. The molecule has 152 valence electrons. The maximum atomic E-state index is 12.8. The van der Waals surface area contributed by atoms with Crippen molar-refractivity contribution in [2.45, 2.75) is 25.9 Å². The van der Waals surface area contributed by atoms with Crippen LogP contribution in [-0.4, -0.2) is 12.5 Å². The van der Waals surface area contributed by atoms with E-state index in [2.05, 4.69) is 12.2 Å². The van der Waals surface area contributed by atoms with Crippen LogP contribution in [0.5, 0.6) is 5.75 Å². The zero-order valence-electron chi connectivity index (χ0n) is 15.5. The average Bonchev–Trinajstić information content (AvgIpc) is 2.68. The van der Waals surface area contributed by atoms with E-state index in [1.54, 1.807) is 30.3 Å². The molecule has 0 saturated heterocycles. The average molecular weight is 423 g/mol. The first kappa shape index (κ1) is 22.3. The number of ether oxygens (including phenoxy) is 1. The zero-order chi connectivity index (χ0) is 21.4. The van der Waals surface area contributed by atoms with Gasteiger partial charge in [0.25, 0.3) is 5.91 Å². The Morgan fingerprint density at radius 3 is 2.52 bits per heavy atom. The second-order valence-electron chi connectivity index (χ2n) is 6.09. The summed E-state index contributed by atoms with van der Waals surface area (Å²) in [6.45, 7) is 2.65. The predicted octanol–water partition coefficient (Wildman–Crippen LogP) is 6.08. The highest BCUT2D eigenvalue weighted by Crippen LogP contribution is 2.34. The van der Waals surface area contributed by atoms with E-state index in [0.29, 0.717) is 17.9 Å². The van der Waals surface area contributed by atoms with Crippen LogP contribution in [0.25, 0.3) is 6.08 Å². The fourth-order valence-electron chi connectivity index (χ4n) is 2.30. The van der Waals surface area contributed by atoms with Crippen LogP contribution in [0.3, 0.4) is 0 Å². The number of unbranched alkanes of at least 4 members (excludes halogenated alkanes) is 1. The standard InChI is InChI=1S/C21H18ClF3N2O2/c1-2-3-10-29-17-7-4-14(5-8-17)11-15(13-26)20(28)27-19-12-16(21(23,24)25)6-9-18(19)22/h4-9,11-12H,2-3,10H2,1H3,(H,27,28)/b15-11+.